The number of aryl methyl sites for hydroxylation is 2. The van der Waals surface area contributed by atoms with Crippen molar-refractivity contribution in [1.29, 1.82) is 0 Å². The number of hydrogen-bond donors (Lipinski definition) is 1. The molecule has 1 aromatic heterocycles. The quantitative estimate of drug-likeness (QED) is 0.726. The second-order valence-electron chi connectivity index (χ2n) is 6.09. The summed E-state index contributed by atoms with van der Waals surface area (Å²) in [5, 5.41) is 7.15. The van der Waals surface area contributed by atoms with E-state index >= 15 is 0 Å². The Bertz CT molecular complexity index is 926. The Kier molecular flexibility index (Phi) is 5.40. The Balaban J connectivity index is 1.69. The summed E-state index contributed by atoms with van der Waals surface area (Å²) in [7, 11) is 5.03. The topological polar surface area (TPSA) is 78.3 Å². The van der Waals surface area contributed by atoms with Crippen LogP contribution in [0.2, 0.25) is 0 Å². The molecule has 0 saturated carbocycles. The second kappa shape index (κ2) is 7.90. The van der Waals surface area contributed by atoms with Gasteiger partial charge in [0.2, 0.25) is 0 Å². The summed E-state index contributed by atoms with van der Waals surface area (Å²) in [5.41, 5.74) is 2.38. The lowest BCUT2D eigenvalue weighted by atomic mass is 10.1. The van der Waals surface area contributed by atoms with Gasteiger partial charge in [-0.1, -0.05) is 12.1 Å². The largest absolute Gasteiger partial charge is 0.497 e. The normalized spacial score (nSPS) is 10.5. The Hall–Kier alpha value is -3.35. The van der Waals surface area contributed by atoms with E-state index in [9.17, 15) is 4.79 Å². The molecule has 0 atom stereocenters. The average Bonchev–Trinajstić information content (AvgIpc) is 3.03. The molecular formula is C20H22N4O3. The Morgan fingerprint density at radius 1 is 1.07 bits per heavy atom. The number of rotatable bonds is 6. The van der Waals surface area contributed by atoms with E-state index in [-0.39, 0.29) is 5.91 Å². The van der Waals surface area contributed by atoms with Crippen molar-refractivity contribution in [3.05, 3.63) is 59.4 Å². The van der Waals surface area contributed by atoms with Crippen LogP contribution in [0, 0.1) is 6.92 Å². The highest BCUT2D eigenvalue weighted by Gasteiger charge is 2.10. The van der Waals surface area contributed by atoms with Gasteiger partial charge >= 0.3 is 0 Å². The zero-order valence-corrected chi connectivity index (χ0v) is 15.8. The minimum absolute atomic E-state index is 0.155. The predicted molar refractivity (Wildman–Crippen MR) is 102 cm³/mol. The highest BCUT2D eigenvalue weighted by molar-refractivity contribution is 5.94. The van der Waals surface area contributed by atoms with Gasteiger partial charge in [-0.2, -0.15) is 5.10 Å². The van der Waals surface area contributed by atoms with Gasteiger partial charge in [-0.25, -0.2) is 9.67 Å². The standard InChI is InChI=1S/C20H22N4O3/c1-13-22-19(24(2)23-13)15-5-7-16(8-6-15)20(25)21-12-14-9-17(26-3)11-18(10-14)27-4/h5-11H,12H2,1-4H3,(H,21,25). The summed E-state index contributed by atoms with van der Waals surface area (Å²) >= 11 is 0. The SMILES string of the molecule is COc1cc(CNC(=O)c2ccc(-c3nc(C)nn3C)cc2)cc(OC)c1. The molecule has 0 aliphatic rings. The maximum atomic E-state index is 12.4. The van der Waals surface area contributed by atoms with E-state index in [1.807, 2.05) is 38.2 Å². The van der Waals surface area contributed by atoms with E-state index in [4.69, 9.17) is 9.47 Å². The molecule has 0 spiro atoms. The lowest BCUT2D eigenvalue weighted by molar-refractivity contribution is 0.0951. The number of ether oxygens (including phenoxy) is 2. The van der Waals surface area contributed by atoms with E-state index < -0.39 is 0 Å². The number of nitrogens with one attached hydrogen (secondary N) is 1. The van der Waals surface area contributed by atoms with Crippen LogP contribution in [0.15, 0.2) is 42.5 Å². The number of carbonyl (C=O) groups excluding carboxylic acids is 1. The van der Waals surface area contributed by atoms with Gasteiger partial charge < -0.3 is 14.8 Å². The lowest BCUT2D eigenvalue weighted by Crippen LogP contribution is -2.22. The Labute approximate surface area is 158 Å². The third-order valence-electron chi connectivity index (χ3n) is 4.14. The van der Waals surface area contributed by atoms with Crippen LogP contribution in [0.3, 0.4) is 0 Å². The van der Waals surface area contributed by atoms with Crippen molar-refractivity contribution in [2.24, 2.45) is 7.05 Å². The molecule has 0 aliphatic heterocycles. The van der Waals surface area contributed by atoms with Gasteiger partial charge in [-0.05, 0) is 36.8 Å². The maximum Gasteiger partial charge on any atom is 0.251 e. The first-order valence-corrected chi connectivity index (χ1v) is 8.48. The number of hydrogen-bond acceptors (Lipinski definition) is 5. The zero-order chi connectivity index (χ0) is 19.4. The molecule has 1 amide bonds. The molecule has 2 aromatic carbocycles. The van der Waals surface area contributed by atoms with Crippen LogP contribution in [-0.2, 0) is 13.6 Å². The number of methoxy groups -OCH3 is 2. The van der Waals surface area contributed by atoms with Gasteiger partial charge in [0.05, 0.1) is 14.2 Å². The number of benzene rings is 2. The molecule has 1 N–H and O–H groups in total. The predicted octanol–water partition coefficient (Wildman–Crippen LogP) is 2.74. The minimum Gasteiger partial charge on any atom is -0.497 e. The van der Waals surface area contributed by atoms with Crippen molar-refractivity contribution < 1.29 is 14.3 Å². The molecule has 140 valence electrons. The van der Waals surface area contributed by atoms with Crippen molar-refractivity contribution >= 4 is 5.91 Å². The fourth-order valence-corrected chi connectivity index (χ4v) is 2.79. The molecule has 3 rings (SSSR count). The van der Waals surface area contributed by atoms with Crippen molar-refractivity contribution in [2.45, 2.75) is 13.5 Å². The first kappa shape index (κ1) is 18.4. The monoisotopic (exact) mass is 366 g/mol. The molecule has 7 heteroatoms. The van der Waals surface area contributed by atoms with Gasteiger partial charge in [0.25, 0.3) is 5.91 Å². The number of aromatic nitrogens is 3. The van der Waals surface area contributed by atoms with Gasteiger partial charge in [-0.3, -0.25) is 4.79 Å². The van der Waals surface area contributed by atoms with E-state index in [0.717, 1.165) is 17.0 Å². The van der Waals surface area contributed by atoms with Gasteiger partial charge in [0.15, 0.2) is 5.82 Å². The van der Waals surface area contributed by atoms with E-state index in [1.54, 1.807) is 37.1 Å². The minimum atomic E-state index is -0.155. The zero-order valence-electron chi connectivity index (χ0n) is 15.8. The molecule has 0 bridgehead atoms. The Morgan fingerprint density at radius 2 is 1.70 bits per heavy atom. The highest BCUT2D eigenvalue weighted by atomic mass is 16.5. The molecule has 0 saturated heterocycles. The molecule has 0 aliphatic carbocycles. The second-order valence-corrected chi connectivity index (χ2v) is 6.09. The third-order valence-corrected chi connectivity index (χ3v) is 4.14. The molecule has 3 aromatic rings. The summed E-state index contributed by atoms with van der Waals surface area (Å²) in [4.78, 5) is 16.8. The summed E-state index contributed by atoms with van der Waals surface area (Å²) in [6, 6.07) is 12.8. The fourth-order valence-electron chi connectivity index (χ4n) is 2.79. The highest BCUT2D eigenvalue weighted by Crippen LogP contribution is 2.22. The molecule has 27 heavy (non-hydrogen) atoms. The molecular weight excluding hydrogens is 344 g/mol. The fraction of sp³-hybridized carbons (Fsp3) is 0.250. The van der Waals surface area contributed by atoms with E-state index in [2.05, 4.69) is 15.4 Å². The van der Waals surface area contributed by atoms with Crippen LogP contribution >= 0.6 is 0 Å². The van der Waals surface area contributed by atoms with Crippen molar-refractivity contribution in [2.75, 3.05) is 14.2 Å². The average molecular weight is 366 g/mol. The smallest absolute Gasteiger partial charge is 0.251 e. The van der Waals surface area contributed by atoms with E-state index in [1.165, 1.54) is 0 Å². The summed E-state index contributed by atoms with van der Waals surface area (Å²) in [6.07, 6.45) is 0. The van der Waals surface area contributed by atoms with Crippen molar-refractivity contribution in [3.8, 4) is 22.9 Å². The van der Waals surface area contributed by atoms with Crippen molar-refractivity contribution in [1.82, 2.24) is 20.1 Å². The summed E-state index contributed by atoms with van der Waals surface area (Å²) in [6.45, 7) is 2.22. The van der Waals surface area contributed by atoms with Crippen LogP contribution in [-0.4, -0.2) is 34.9 Å². The van der Waals surface area contributed by atoms with Crippen molar-refractivity contribution in [3.63, 3.8) is 0 Å². The first-order chi connectivity index (χ1) is 13.0. The lowest BCUT2D eigenvalue weighted by Gasteiger charge is -2.10. The first-order valence-electron chi connectivity index (χ1n) is 8.48. The molecule has 0 radical (unpaired) electrons. The van der Waals surface area contributed by atoms with Crippen LogP contribution in [0.5, 0.6) is 11.5 Å². The third kappa shape index (κ3) is 4.25. The molecule has 1 heterocycles. The summed E-state index contributed by atoms with van der Waals surface area (Å²) in [5.74, 6) is 2.69. The van der Waals surface area contributed by atoms with Gasteiger partial charge in [0.1, 0.15) is 17.3 Å². The van der Waals surface area contributed by atoms with Crippen LogP contribution in [0.4, 0.5) is 0 Å². The maximum absolute atomic E-state index is 12.4. The molecule has 7 nitrogen and oxygen atoms in total. The number of amides is 1. The number of carbonyl (C=O) groups is 1. The van der Waals surface area contributed by atoms with E-state index in [0.29, 0.717) is 29.4 Å². The number of nitrogens with zero attached hydrogens (tertiary/aromatic N) is 3. The Morgan fingerprint density at radius 3 is 2.22 bits per heavy atom. The summed E-state index contributed by atoms with van der Waals surface area (Å²) < 4.78 is 12.2. The van der Waals surface area contributed by atoms with Gasteiger partial charge in [-0.15, -0.1) is 0 Å². The van der Waals surface area contributed by atoms with Crippen LogP contribution in [0.1, 0.15) is 21.7 Å². The molecule has 0 fully saturated rings. The van der Waals surface area contributed by atoms with Crippen LogP contribution < -0.4 is 14.8 Å². The van der Waals surface area contributed by atoms with Gasteiger partial charge in [0, 0.05) is 30.8 Å². The van der Waals surface area contributed by atoms with Crippen LogP contribution in [0.25, 0.3) is 11.4 Å². The molecule has 0 unspecified atom stereocenters.